The minimum absolute atomic E-state index is 0. The van der Waals surface area contributed by atoms with Crippen molar-refractivity contribution in [1.29, 1.82) is 0 Å². The van der Waals surface area contributed by atoms with E-state index in [0.29, 0.717) is 0 Å². The Morgan fingerprint density at radius 3 is 1.22 bits per heavy atom. The molecule has 0 amide bonds. The molecule has 0 unspecified atom stereocenters. The Hall–Kier alpha value is 2.64. The van der Waals surface area contributed by atoms with Crippen LogP contribution in [0.3, 0.4) is 0 Å². The van der Waals surface area contributed by atoms with Gasteiger partial charge in [-0.1, -0.05) is 0 Å². The predicted molar refractivity (Wildman–Crippen MR) is 22.2 cm³/mol. The van der Waals surface area contributed by atoms with E-state index in [9.17, 15) is 0 Å². The second kappa shape index (κ2) is 13.2. The van der Waals surface area contributed by atoms with Gasteiger partial charge in [-0.05, 0) is 0 Å². The third kappa shape index (κ3) is 114. The van der Waals surface area contributed by atoms with E-state index in [2.05, 4.69) is 0 Å². The van der Waals surface area contributed by atoms with E-state index in [1.165, 1.54) is 0 Å². The third-order valence-electron chi connectivity index (χ3n) is 0. The van der Waals surface area contributed by atoms with Crippen molar-refractivity contribution in [3.63, 3.8) is 0 Å². The van der Waals surface area contributed by atoms with E-state index < -0.39 is 10.4 Å². The standard InChI is InChI=1S/Co.Mg.H2O4S.Sc.Zn.2H/c;;1-5(2,3)4;;;;/h;;(H2,1,2,3,4);;;;/q;+2;;;;2*-1. The van der Waals surface area contributed by atoms with Crippen molar-refractivity contribution in [2.45, 2.75) is 0 Å². The van der Waals surface area contributed by atoms with Gasteiger partial charge < -0.3 is 2.85 Å². The molecule has 0 bridgehead atoms. The van der Waals surface area contributed by atoms with Crippen LogP contribution in [0.25, 0.3) is 0 Å². The molecule has 2 radical (unpaired) electrons. The van der Waals surface area contributed by atoms with Crippen LogP contribution in [0.15, 0.2) is 0 Å². The number of rotatable bonds is 0. The first-order chi connectivity index (χ1) is 2.00. The van der Waals surface area contributed by atoms with Gasteiger partial charge in [0.15, 0.2) is 0 Å². The Morgan fingerprint density at radius 2 is 1.22 bits per heavy atom. The number of hydrogen-bond acceptors (Lipinski definition) is 2. The summed E-state index contributed by atoms with van der Waals surface area (Å²) in [6.45, 7) is 0. The van der Waals surface area contributed by atoms with Crippen LogP contribution in [0.5, 0.6) is 0 Å². The summed E-state index contributed by atoms with van der Waals surface area (Å²) in [7, 11) is -4.67. The summed E-state index contributed by atoms with van der Waals surface area (Å²) in [6, 6.07) is 0. The SMILES string of the molecule is O=S(=O)(O)O.[Co].[H-].[H-].[Mg+2].[Sc].[Zn]. The molecular formula is H4CoMgO4SScZn. The number of hydrogen-bond donors (Lipinski definition) is 2. The monoisotopic (exact) mass is 292 g/mol. The maximum atomic E-state index is 8.74. The molecule has 0 fully saturated rings. The van der Waals surface area contributed by atoms with Crippen LogP contribution in [-0.2, 0) is 72.5 Å². The van der Waals surface area contributed by atoms with Crippen molar-refractivity contribution in [2.24, 2.45) is 0 Å². The average molecular weight is 294 g/mol. The Balaban J connectivity index is -0.00000000533. The molecule has 9 heteroatoms. The van der Waals surface area contributed by atoms with Gasteiger partial charge in [-0.25, -0.2) is 0 Å². The van der Waals surface area contributed by atoms with Crippen molar-refractivity contribution in [1.82, 2.24) is 0 Å². The molecule has 0 atom stereocenters. The van der Waals surface area contributed by atoms with Gasteiger partial charge in [0.1, 0.15) is 0 Å². The van der Waals surface area contributed by atoms with Crippen LogP contribution in [0, 0.1) is 0 Å². The first kappa shape index (κ1) is 29.9. The van der Waals surface area contributed by atoms with Crippen LogP contribution in [0.2, 0.25) is 0 Å². The molecule has 0 spiro atoms. The fourth-order valence-corrected chi connectivity index (χ4v) is 0. The summed E-state index contributed by atoms with van der Waals surface area (Å²) >= 11 is 0. The molecule has 0 saturated heterocycles. The quantitative estimate of drug-likeness (QED) is 0.452. The summed E-state index contributed by atoms with van der Waals surface area (Å²) in [5.41, 5.74) is 0. The van der Waals surface area contributed by atoms with Crippen molar-refractivity contribution in [3.05, 3.63) is 0 Å². The summed E-state index contributed by atoms with van der Waals surface area (Å²) in [5, 5.41) is 0. The van der Waals surface area contributed by atoms with Gasteiger partial charge in [0, 0.05) is 62.1 Å². The molecule has 0 aromatic carbocycles. The summed E-state index contributed by atoms with van der Waals surface area (Å²) in [5.74, 6) is 0. The van der Waals surface area contributed by atoms with Crippen molar-refractivity contribution < 1.29 is 82.5 Å². The Kier molecular flexibility index (Phi) is 44.0. The Morgan fingerprint density at radius 1 is 1.22 bits per heavy atom. The van der Waals surface area contributed by atoms with Gasteiger partial charge in [0.05, 0.1) is 0 Å². The Labute approximate surface area is 114 Å². The smallest absolute Gasteiger partial charge is 1.00 e. The second-order valence-electron chi connectivity index (χ2n) is 0.448. The molecule has 0 aromatic rings. The van der Waals surface area contributed by atoms with Crippen molar-refractivity contribution >= 4 is 33.5 Å². The van der Waals surface area contributed by atoms with Crippen molar-refractivity contribution in [3.8, 4) is 0 Å². The molecule has 0 aliphatic heterocycles. The minimum atomic E-state index is -4.67. The summed E-state index contributed by atoms with van der Waals surface area (Å²) in [6.07, 6.45) is 0. The van der Waals surface area contributed by atoms with Crippen LogP contribution in [0.1, 0.15) is 2.85 Å². The topological polar surface area (TPSA) is 74.6 Å². The van der Waals surface area contributed by atoms with E-state index in [4.69, 9.17) is 17.5 Å². The molecule has 9 heavy (non-hydrogen) atoms. The molecule has 0 rings (SSSR count). The van der Waals surface area contributed by atoms with Gasteiger partial charge in [0.25, 0.3) is 0 Å². The second-order valence-corrected chi connectivity index (χ2v) is 1.34. The van der Waals surface area contributed by atoms with Crippen LogP contribution >= 0.6 is 0 Å². The fourth-order valence-electron chi connectivity index (χ4n) is 0. The zero-order valence-corrected chi connectivity index (χ0v) is 12.5. The molecule has 0 aliphatic carbocycles. The summed E-state index contributed by atoms with van der Waals surface area (Å²) in [4.78, 5) is 0. The Bertz CT molecular complexity index is 111. The average Bonchev–Trinajstić information content (AvgIpc) is 0.722. The molecule has 0 heterocycles. The minimum Gasteiger partial charge on any atom is -1.00 e. The first-order valence-corrected chi connectivity index (χ1v) is 2.10. The van der Waals surface area contributed by atoms with E-state index in [-0.39, 0.29) is 88.0 Å². The molecular weight excluding hydrogens is 290 g/mol. The fraction of sp³-hybridized carbons (Fsp3) is 0. The van der Waals surface area contributed by atoms with E-state index >= 15 is 0 Å². The third-order valence-corrected chi connectivity index (χ3v) is 0. The normalized spacial score (nSPS) is 6.44. The maximum absolute atomic E-state index is 8.74. The molecule has 4 nitrogen and oxygen atoms in total. The predicted octanol–water partition coefficient (Wildman–Crippen LogP) is -0.816. The van der Waals surface area contributed by atoms with Crippen LogP contribution in [0.4, 0.5) is 0 Å². The van der Waals surface area contributed by atoms with E-state index in [1.807, 2.05) is 0 Å². The molecule has 0 aliphatic rings. The molecule has 0 aromatic heterocycles. The van der Waals surface area contributed by atoms with Gasteiger partial charge in [-0.3, -0.25) is 9.11 Å². The van der Waals surface area contributed by atoms with Gasteiger partial charge in [-0.2, -0.15) is 8.42 Å². The zero-order valence-electron chi connectivity index (χ0n) is 6.44. The van der Waals surface area contributed by atoms with Gasteiger partial charge >= 0.3 is 33.5 Å². The van der Waals surface area contributed by atoms with E-state index in [0.717, 1.165) is 0 Å². The molecule has 2 N–H and O–H groups in total. The van der Waals surface area contributed by atoms with Crippen LogP contribution in [-0.4, -0.2) is 40.6 Å². The van der Waals surface area contributed by atoms with Gasteiger partial charge in [0.2, 0.25) is 0 Å². The summed E-state index contributed by atoms with van der Waals surface area (Å²) < 4.78 is 31.6. The van der Waals surface area contributed by atoms with Crippen LogP contribution < -0.4 is 0 Å². The largest absolute Gasteiger partial charge is 2.00 e. The van der Waals surface area contributed by atoms with Crippen molar-refractivity contribution in [2.75, 3.05) is 0 Å². The molecule has 0 saturated carbocycles. The maximum Gasteiger partial charge on any atom is 2.00 e. The van der Waals surface area contributed by atoms with Gasteiger partial charge in [-0.15, -0.1) is 0 Å². The van der Waals surface area contributed by atoms with E-state index in [1.54, 1.807) is 0 Å². The zero-order chi connectivity index (χ0) is 4.50. The molecule has 50 valence electrons. The first-order valence-electron chi connectivity index (χ1n) is 0.698.